The quantitative estimate of drug-likeness (QED) is 0.634. The number of carbonyl (C=O) groups is 1. The molecule has 1 heterocycles. The Morgan fingerprint density at radius 3 is 2.30 bits per heavy atom. The molecule has 8 heteroatoms. The second-order valence-electron chi connectivity index (χ2n) is 5.61. The minimum absolute atomic E-state index is 0.153. The second kappa shape index (κ2) is 8.34. The Morgan fingerprint density at radius 2 is 1.70 bits per heavy atom. The fourth-order valence-corrected chi connectivity index (χ4v) is 4.63. The van der Waals surface area contributed by atoms with Gasteiger partial charge in [0.2, 0.25) is 5.91 Å². The van der Waals surface area contributed by atoms with Gasteiger partial charge in [0.25, 0.3) is 10.0 Å². The molecule has 6 nitrogen and oxygen atoms in total. The smallest absolute Gasteiger partial charge is 0.251 e. The first-order valence-corrected chi connectivity index (χ1v) is 10.4. The van der Waals surface area contributed by atoms with Gasteiger partial charge < -0.3 is 10.1 Å². The van der Waals surface area contributed by atoms with Gasteiger partial charge in [0.05, 0.1) is 7.11 Å². The average Bonchev–Trinajstić information content (AvgIpc) is 3.23. The number of nitrogens with one attached hydrogen (secondary N) is 2. The molecule has 3 rings (SSSR count). The van der Waals surface area contributed by atoms with Crippen LogP contribution in [-0.2, 0) is 14.8 Å². The molecule has 0 aliphatic carbocycles. The van der Waals surface area contributed by atoms with Crippen molar-refractivity contribution in [2.75, 3.05) is 12.4 Å². The van der Waals surface area contributed by atoms with Gasteiger partial charge in [0.15, 0.2) is 0 Å². The van der Waals surface area contributed by atoms with E-state index in [1.807, 2.05) is 0 Å². The number of hydrogen-bond acceptors (Lipinski definition) is 5. The monoisotopic (exact) mass is 402 g/mol. The molecule has 27 heavy (non-hydrogen) atoms. The minimum atomic E-state index is -3.82. The van der Waals surface area contributed by atoms with Crippen molar-refractivity contribution in [3.05, 3.63) is 77.7 Å². The molecular weight excluding hydrogens is 384 g/mol. The molecule has 140 valence electrons. The van der Waals surface area contributed by atoms with Gasteiger partial charge in [-0.25, -0.2) is 8.42 Å². The summed E-state index contributed by atoms with van der Waals surface area (Å²) in [5.74, 6) is 0.178. The number of rotatable bonds is 7. The topological polar surface area (TPSA) is 84.5 Å². The van der Waals surface area contributed by atoms with Crippen LogP contribution in [0.2, 0.25) is 0 Å². The standard InChI is InChI=1S/C19H18N2O4S2/c1-25-16-11-9-15(10-12-16)20-19(22)18(14-6-3-2-4-7-14)21-27(23,24)17-8-5-13-26-17/h2-13,18,21H,1H3,(H,20,22). The van der Waals surface area contributed by atoms with E-state index in [4.69, 9.17) is 4.74 Å². The van der Waals surface area contributed by atoms with Gasteiger partial charge in [-0.05, 0) is 41.3 Å². The number of anilines is 1. The highest BCUT2D eigenvalue weighted by atomic mass is 32.2. The molecule has 0 saturated heterocycles. The maximum Gasteiger partial charge on any atom is 0.251 e. The summed E-state index contributed by atoms with van der Waals surface area (Å²) >= 11 is 1.09. The van der Waals surface area contributed by atoms with Crippen LogP contribution in [-0.4, -0.2) is 21.4 Å². The van der Waals surface area contributed by atoms with Crippen molar-refractivity contribution in [3.8, 4) is 5.75 Å². The van der Waals surface area contributed by atoms with Gasteiger partial charge in [0.1, 0.15) is 16.0 Å². The number of benzene rings is 2. The molecule has 0 fully saturated rings. The van der Waals surface area contributed by atoms with E-state index in [9.17, 15) is 13.2 Å². The van der Waals surface area contributed by atoms with Gasteiger partial charge >= 0.3 is 0 Å². The molecule has 0 spiro atoms. The summed E-state index contributed by atoms with van der Waals surface area (Å²) in [5.41, 5.74) is 1.08. The zero-order valence-corrected chi connectivity index (χ0v) is 16.1. The number of sulfonamides is 1. The van der Waals surface area contributed by atoms with E-state index in [1.54, 1.807) is 73.2 Å². The van der Waals surface area contributed by atoms with Gasteiger partial charge in [0, 0.05) is 5.69 Å². The molecule has 0 aliphatic rings. The molecule has 1 aromatic heterocycles. The number of ether oxygens (including phenoxy) is 1. The number of thiophene rings is 1. The number of hydrogen-bond donors (Lipinski definition) is 2. The summed E-state index contributed by atoms with van der Waals surface area (Å²) in [7, 11) is -2.27. The molecular formula is C19H18N2O4S2. The molecule has 2 aromatic carbocycles. The van der Waals surface area contributed by atoms with Crippen LogP contribution in [0.15, 0.2) is 76.3 Å². The summed E-state index contributed by atoms with van der Waals surface area (Å²) in [6, 6.07) is 17.6. The molecule has 0 bridgehead atoms. The van der Waals surface area contributed by atoms with E-state index in [1.165, 1.54) is 6.07 Å². The van der Waals surface area contributed by atoms with Crippen LogP contribution in [0.4, 0.5) is 5.69 Å². The third-order valence-electron chi connectivity index (χ3n) is 3.79. The first-order valence-electron chi connectivity index (χ1n) is 8.05. The largest absolute Gasteiger partial charge is 0.497 e. The highest BCUT2D eigenvalue weighted by Crippen LogP contribution is 2.22. The molecule has 0 saturated carbocycles. The Labute approximate surface area is 161 Å². The predicted molar refractivity (Wildman–Crippen MR) is 105 cm³/mol. The van der Waals surface area contributed by atoms with Crippen molar-refractivity contribution in [1.82, 2.24) is 4.72 Å². The summed E-state index contributed by atoms with van der Waals surface area (Å²) in [4.78, 5) is 12.8. The van der Waals surface area contributed by atoms with Crippen molar-refractivity contribution >= 4 is 33.0 Å². The zero-order valence-electron chi connectivity index (χ0n) is 14.5. The summed E-state index contributed by atoms with van der Waals surface area (Å²) in [5, 5.41) is 4.41. The Morgan fingerprint density at radius 1 is 1.00 bits per heavy atom. The average molecular weight is 402 g/mol. The van der Waals surface area contributed by atoms with Crippen molar-refractivity contribution in [2.45, 2.75) is 10.3 Å². The number of methoxy groups -OCH3 is 1. The Balaban J connectivity index is 1.86. The highest BCUT2D eigenvalue weighted by molar-refractivity contribution is 7.91. The Hall–Kier alpha value is -2.68. The maximum absolute atomic E-state index is 12.8. The normalized spacial score (nSPS) is 12.3. The molecule has 3 aromatic rings. The van der Waals surface area contributed by atoms with Crippen LogP contribution in [0.5, 0.6) is 5.75 Å². The number of amides is 1. The molecule has 1 unspecified atom stereocenters. The van der Waals surface area contributed by atoms with Crippen molar-refractivity contribution in [3.63, 3.8) is 0 Å². The maximum atomic E-state index is 12.8. The fraction of sp³-hybridized carbons (Fsp3) is 0.105. The van der Waals surface area contributed by atoms with Gasteiger partial charge in [-0.1, -0.05) is 36.4 Å². The van der Waals surface area contributed by atoms with E-state index in [2.05, 4.69) is 10.0 Å². The molecule has 1 amide bonds. The second-order valence-corrected chi connectivity index (χ2v) is 8.50. The third kappa shape index (κ3) is 4.73. The van der Waals surface area contributed by atoms with Gasteiger partial charge in [-0.3, -0.25) is 4.79 Å². The molecule has 2 N–H and O–H groups in total. The van der Waals surface area contributed by atoms with E-state index >= 15 is 0 Å². The van der Waals surface area contributed by atoms with Gasteiger partial charge in [-0.2, -0.15) is 4.72 Å². The van der Waals surface area contributed by atoms with Crippen LogP contribution in [0.3, 0.4) is 0 Å². The Bertz CT molecular complexity index is 986. The third-order valence-corrected chi connectivity index (χ3v) is 6.61. The van der Waals surface area contributed by atoms with Crippen LogP contribution < -0.4 is 14.8 Å². The minimum Gasteiger partial charge on any atom is -0.497 e. The van der Waals surface area contributed by atoms with Crippen molar-refractivity contribution in [2.24, 2.45) is 0 Å². The number of carbonyl (C=O) groups excluding carboxylic acids is 1. The zero-order chi connectivity index (χ0) is 19.3. The first-order chi connectivity index (χ1) is 13.0. The Kier molecular flexibility index (Phi) is 5.90. The van der Waals surface area contributed by atoms with Crippen LogP contribution >= 0.6 is 11.3 Å². The van der Waals surface area contributed by atoms with Crippen LogP contribution in [0.1, 0.15) is 11.6 Å². The van der Waals surface area contributed by atoms with E-state index < -0.39 is 22.0 Å². The van der Waals surface area contributed by atoms with Gasteiger partial charge in [-0.15, -0.1) is 11.3 Å². The highest BCUT2D eigenvalue weighted by Gasteiger charge is 2.27. The summed E-state index contributed by atoms with van der Waals surface area (Å²) in [6.45, 7) is 0. The first kappa shape index (κ1) is 19.1. The van der Waals surface area contributed by atoms with Crippen molar-refractivity contribution < 1.29 is 17.9 Å². The van der Waals surface area contributed by atoms with E-state index in [0.29, 0.717) is 17.0 Å². The lowest BCUT2D eigenvalue weighted by Gasteiger charge is -2.18. The van der Waals surface area contributed by atoms with Crippen LogP contribution in [0.25, 0.3) is 0 Å². The SMILES string of the molecule is COc1ccc(NC(=O)C(NS(=O)(=O)c2cccs2)c2ccccc2)cc1. The van der Waals surface area contributed by atoms with Crippen LogP contribution in [0, 0.1) is 0 Å². The lowest BCUT2D eigenvalue weighted by atomic mass is 10.1. The predicted octanol–water partition coefficient (Wildman–Crippen LogP) is 3.42. The molecule has 0 radical (unpaired) electrons. The summed E-state index contributed by atoms with van der Waals surface area (Å²) in [6.07, 6.45) is 0. The van der Waals surface area contributed by atoms with E-state index in [-0.39, 0.29) is 4.21 Å². The fourth-order valence-electron chi connectivity index (χ4n) is 2.44. The van der Waals surface area contributed by atoms with E-state index in [0.717, 1.165) is 11.3 Å². The molecule has 1 atom stereocenters. The van der Waals surface area contributed by atoms with Crippen molar-refractivity contribution in [1.29, 1.82) is 0 Å². The lowest BCUT2D eigenvalue weighted by molar-refractivity contribution is -0.117. The molecule has 0 aliphatic heterocycles. The summed E-state index contributed by atoms with van der Waals surface area (Å²) < 4.78 is 33.0. The lowest BCUT2D eigenvalue weighted by Crippen LogP contribution is -2.36.